The highest BCUT2D eigenvalue weighted by Crippen LogP contribution is 2.53. The Kier molecular flexibility index (Phi) is 2.09. The van der Waals surface area contributed by atoms with Gasteiger partial charge in [0.1, 0.15) is 0 Å². The molecule has 1 saturated heterocycles. The topological polar surface area (TPSA) is 33.5 Å². The first-order chi connectivity index (χ1) is 7.70. The van der Waals surface area contributed by atoms with E-state index in [4.69, 9.17) is 4.42 Å². The number of aryl methyl sites for hydroxylation is 1. The molecule has 0 atom stereocenters. The van der Waals surface area contributed by atoms with Gasteiger partial charge in [0, 0.05) is 18.7 Å². The van der Waals surface area contributed by atoms with Crippen molar-refractivity contribution < 1.29 is 9.21 Å². The molecule has 2 aliphatic rings. The Morgan fingerprint density at radius 3 is 2.50 bits per heavy atom. The number of amides is 1. The predicted molar refractivity (Wildman–Crippen MR) is 60.2 cm³/mol. The van der Waals surface area contributed by atoms with Gasteiger partial charge in [-0.3, -0.25) is 4.79 Å². The summed E-state index contributed by atoms with van der Waals surface area (Å²) in [6.07, 6.45) is 6.69. The van der Waals surface area contributed by atoms with E-state index in [2.05, 4.69) is 0 Å². The van der Waals surface area contributed by atoms with Crippen LogP contribution in [0.1, 0.15) is 41.8 Å². The van der Waals surface area contributed by atoms with E-state index in [9.17, 15) is 4.79 Å². The molecule has 3 nitrogen and oxygen atoms in total. The molecule has 1 aromatic rings. The summed E-state index contributed by atoms with van der Waals surface area (Å²) in [4.78, 5) is 14.1. The SMILES string of the molecule is Cc1ccoc1C(=O)N1CCC2(CC1)CC2. The van der Waals surface area contributed by atoms with Crippen LogP contribution < -0.4 is 0 Å². The molecule has 16 heavy (non-hydrogen) atoms. The Morgan fingerprint density at radius 1 is 1.31 bits per heavy atom. The maximum atomic E-state index is 12.1. The highest BCUT2D eigenvalue weighted by molar-refractivity contribution is 5.92. The summed E-state index contributed by atoms with van der Waals surface area (Å²) in [6.45, 7) is 3.72. The van der Waals surface area contributed by atoms with Gasteiger partial charge >= 0.3 is 0 Å². The Balaban J connectivity index is 1.70. The lowest BCUT2D eigenvalue weighted by molar-refractivity contribution is 0.0645. The molecule has 1 aliphatic carbocycles. The number of nitrogens with zero attached hydrogens (tertiary/aromatic N) is 1. The van der Waals surface area contributed by atoms with Crippen molar-refractivity contribution in [3.63, 3.8) is 0 Å². The standard InChI is InChI=1S/C13H17NO2/c1-10-2-9-16-11(10)12(15)14-7-5-13(3-4-13)6-8-14/h2,9H,3-8H2,1H3. The summed E-state index contributed by atoms with van der Waals surface area (Å²) in [7, 11) is 0. The Bertz CT molecular complexity index is 407. The smallest absolute Gasteiger partial charge is 0.289 e. The quantitative estimate of drug-likeness (QED) is 0.727. The molecule has 86 valence electrons. The van der Waals surface area contributed by atoms with E-state index in [-0.39, 0.29) is 5.91 Å². The second-order valence-corrected chi connectivity index (χ2v) is 5.22. The van der Waals surface area contributed by atoms with Crippen LogP contribution in [0.3, 0.4) is 0 Å². The lowest BCUT2D eigenvalue weighted by Crippen LogP contribution is -2.39. The summed E-state index contributed by atoms with van der Waals surface area (Å²) < 4.78 is 5.26. The van der Waals surface area contributed by atoms with Crippen LogP contribution in [0.2, 0.25) is 0 Å². The summed E-state index contributed by atoms with van der Waals surface area (Å²) in [5.74, 6) is 0.588. The van der Waals surface area contributed by atoms with Crippen molar-refractivity contribution in [2.45, 2.75) is 32.6 Å². The molecule has 2 heterocycles. The number of rotatable bonds is 1. The van der Waals surface area contributed by atoms with Crippen molar-refractivity contribution >= 4 is 5.91 Å². The maximum Gasteiger partial charge on any atom is 0.289 e. The zero-order valence-electron chi connectivity index (χ0n) is 9.66. The molecule has 1 amide bonds. The summed E-state index contributed by atoms with van der Waals surface area (Å²) >= 11 is 0. The fraction of sp³-hybridized carbons (Fsp3) is 0.615. The minimum Gasteiger partial charge on any atom is -0.459 e. The zero-order chi connectivity index (χ0) is 11.2. The lowest BCUT2D eigenvalue weighted by Gasteiger charge is -2.31. The minimum atomic E-state index is 0.0676. The van der Waals surface area contributed by atoms with Gasteiger partial charge in [0.05, 0.1) is 6.26 Å². The van der Waals surface area contributed by atoms with Gasteiger partial charge in [0.25, 0.3) is 5.91 Å². The average Bonchev–Trinajstić information content (AvgIpc) is 2.90. The number of furan rings is 1. The third kappa shape index (κ3) is 1.55. The third-order valence-corrected chi connectivity index (χ3v) is 4.12. The number of hydrogen-bond acceptors (Lipinski definition) is 2. The minimum absolute atomic E-state index is 0.0676. The van der Waals surface area contributed by atoms with Gasteiger partial charge in [-0.25, -0.2) is 0 Å². The molecule has 0 N–H and O–H groups in total. The number of carbonyl (C=O) groups is 1. The van der Waals surface area contributed by atoms with Crippen molar-refractivity contribution in [3.05, 3.63) is 23.7 Å². The van der Waals surface area contributed by atoms with Crippen LogP contribution in [0.4, 0.5) is 0 Å². The average molecular weight is 219 g/mol. The lowest BCUT2D eigenvalue weighted by atomic mass is 9.93. The van der Waals surface area contributed by atoms with E-state index in [1.165, 1.54) is 25.7 Å². The number of piperidine rings is 1. The molecule has 0 aromatic carbocycles. The second kappa shape index (κ2) is 3.37. The molecule has 0 unspecified atom stereocenters. The summed E-state index contributed by atoms with van der Waals surface area (Å²) in [5, 5.41) is 0. The van der Waals surface area contributed by atoms with Gasteiger partial charge in [-0.05, 0) is 44.1 Å². The Hall–Kier alpha value is -1.25. The number of likely N-dealkylation sites (tertiary alicyclic amines) is 1. The molecule has 0 radical (unpaired) electrons. The van der Waals surface area contributed by atoms with Crippen LogP contribution in [-0.2, 0) is 0 Å². The van der Waals surface area contributed by atoms with Gasteiger partial charge in [-0.15, -0.1) is 0 Å². The molecular weight excluding hydrogens is 202 g/mol. The molecule has 0 bridgehead atoms. The fourth-order valence-corrected chi connectivity index (χ4v) is 2.60. The first-order valence-electron chi connectivity index (χ1n) is 6.04. The van der Waals surface area contributed by atoms with E-state index in [0.29, 0.717) is 11.2 Å². The predicted octanol–water partition coefficient (Wildman–Crippen LogP) is 2.60. The van der Waals surface area contributed by atoms with Crippen LogP contribution in [0, 0.1) is 12.3 Å². The van der Waals surface area contributed by atoms with Crippen molar-refractivity contribution in [2.75, 3.05) is 13.1 Å². The largest absolute Gasteiger partial charge is 0.459 e. The van der Waals surface area contributed by atoms with Gasteiger partial charge in [-0.1, -0.05) is 0 Å². The van der Waals surface area contributed by atoms with Crippen molar-refractivity contribution in [1.29, 1.82) is 0 Å². The Labute approximate surface area is 95.4 Å². The molecule has 1 aromatic heterocycles. The third-order valence-electron chi connectivity index (χ3n) is 4.12. The second-order valence-electron chi connectivity index (χ2n) is 5.22. The van der Waals surface area contributed by atoms with E-state index in [1.807, 2.05) is 17.9 Å². The monoisotopic (exact) mass is 219 g/mol. The van der Waals surface area contributed by atoms with E-state index in [1.54, 1.807) is 6.26 Å². The van der Waals surface area contributed by atoms with Gasteiger partial charge < -0.3 is 9.32 Å². The molecule has 3 heteroatoms. The highest BCUT2D eigenvalue weighted by Gasteiger charge is 2.45. The molecule has 3 rings (SSSR count). The molecule has 1 spiro atoms. The summed E-state index contributed by atoms with van der Waals surface area (Å²) in [6, 6.07) is 1.85. The van der Waals surface area contributed by atoms with Crippen molar-refractivity contribution in [3.8, 4) is 0 Å². The fourth-order valence-electron chi connectivity index (χ4n) is 2.60. The van der Waals surface area contributed by atoms with E-state index >= 15 is 0 Å². The first-order valence-corrected chi connectivity index (χ1v) is 6.04. The summed E-state index contributed by atoms with van der Waals surface area (Å²) in [5.41, 5.74) is 1.56. The molecular formula is C13H17NO2. The van der Waals surface area contributed by atoms with Gasteiger partial charge in [0.15, 0.2) is 5.76 Å². The van der Waals surface area contributed by atoms with Crippen LogP contribution in [0.5, 0.6) is 0 Å². The normalized spacial score (nSPS) is 22.4. The zero-order valence-corrected chi connectivity index (χ0v) is 9.66. The van der Waals surface area contributed by atoms with Gasteiger partial charge in [-0.2, -0.15) is 0 Å². The van der Waals surface area contributed by atoms with Crippen LogP contribution in [0.15, 0.2) is 16.7 Å². The molecule has 2 fully saturated rings. The molecule has 1 aliphatic heterocycles. The van der Waals surface area contributed by atoms with E-state index < -0.39 is 0 Å². The van der Waals surface area contributed by atoms with Crippen molar-refractivity contribution in [2.24, 2.45) is 5.41 Å². The Morgan fingerprint density at radius 2 is 2.00 bits per heavy atom. The van der Waals surface area contributed by atoms with Crippen LogP contribution >= 0.6 is 0 Å². The first kappa shape index (κ1) is 9.94. The molecule has 1 saturated carbocycles. The number of hydrogen-bond donors (Lipinski definition) is 0. The van der Waals surface area contributed by atoms with E-state index in [0.717, 1.165) is 18.7 Å². The highest BCUT2D eigenvalue weighted by atomic mass is 16.3. The number of carbonyl (C=O) groups excluding carboxylic acids is 1. The van der Waals surface area contributed by atoms with Crippen LogP contribution in [-0.4, -0.2) is 23.9 Å². The van der Waals surface area contributed by atoms with Crippen molar-refractivity contribution in [1.82, 2.24) is 4.90 Å². The maximum absolute atomic E-state index is 12.1. The van der Waals surface area contributed by atoms with Gasteiger partial charge in [0.2, 0.25) is 0 Å². The van der Waals surface area contributed by atoms with Crippen LogP contribution in [0.25, 0.3) is 0 Å².